The van der Waals surface area contributed by atoms with E-state index >= 15 is 0 Å². The number of nitrogens with zero attached hydrogens (tertiary/aromatic N) is 4. The SMILES string of the molecule is CC(=O)C(N=Nc1snc2ccc([N+](=O)[O-])cc12)C(=O)Nc1ccc(C)cc1. The maximum Gasteiger partial charge on any atom is 0.270 e. The van der Waals surface area contributed by atoms with Gasteiger partial charge in [-0.25, -0.2) is 0 Å². The standard InChI is InChI=1S/C18H15N5O4S/c1-10-3-5-12(6-4-10)19-17(25)16(11(2)24)20-21-18-14-9-13(23(26)27)7-8-15(14)22-28-18/h3-9,16H,1-2H3,(H,19,25). The quantitative estimate of drug-likeness (QED) is 0.289. The Hall–Kier alpha value is -3.53. The molecule has 0 bridgehead atoms. The van der Waals surface area contributed by atoms with Gasteiger partial charge in [-0.3, -0.25) is 19.7 Å². The van der Waals surface area contributed by atoms with Crippen molar-refractivity contribution in [2.75, 3.05) is 5.32 Å². The van der Waals surface area contributed by atoms with Crippen molar-refractivity contribution in [2.24, 2.45) is 10.2 Å². The van der Waals surface area contributed by atoms with Gasteiger partial charge in [0, 0.05) is 23.2 Å². The summed E-state index contributed by atoms with van der Waals surface area (Å²) in [6, 6.07) is 9.95. The van der Waals surface area contributed by atoms with Crippen molar-refractivity contribution >= 4 is 50.5 Å². The summed E-state index contributed by atoms with van der Waals surface area (Å²) < 4.78 is 4.14. The molecule has 0 fully saturated rings. The highest BCUT2D eigenvalue weighted by atomic mass is 32.1. The zero-order valence-corrected chi connectivity index (χ0v) is 15.8. The number of aryl methyl sites for hydroxylation is 1. The van der Waals surface area contributed by atoms with Gasteiger partial charge in [0.1, 0.15) is 0 Å². The Bertz CT molecular complexity index is 1090. The summed E-state index contributed by atoms with van der Waals surface area (Å²) in [4.78, 5) is 34.7. The fraction of sp³-hybridized carbons (Fsp3) is 0.167. The lowest BCUT2D eigenvalue weighted by Crippen LogP contribution is -2.31. The Morgan fingerprint density at radius 1 is 1.21 bits per heavy atom. The molecule has 0 radical (unpaired) electrons. The first-order chi connectivity index (χ1) is 13.3. The van der Waals surface area contributed by atoms with Gasteiger partial charge in [0.05, 0.1) is 10.4 Å². The summed E-state index contributed by atoms with van der Waals surface area (Å²) in [5.41, 5.74) is 1.99. The molecule has 0 aliphatic heterocycles. The third kappa shape index (κ3) is 4.23. The van der Waals surface area contributed by atoms with E-state index in [2.05, 4.69) is 19.9 Å². The van der Waals surface area contributed by atoms with Crippen LogP contribution in [0.25, 0.3) is 10.9 Å². The summed E-state index contributed by atoms with van der Waals surface area (Å²) in [6.45, 7) is 3.16. The monoisotopic (exact) mass is 397 g/mol. The van der Waals surface area contributed by atoms with E-state index in [9.17, 15) is 19.7 Å². The van der Waals surface area contributed by atoms with E-state index in [1.807, 2.05) is 19.1 Å². The van der Waals surface area contributed by atoms with Crippen LogP contribution >= 0.6 is 11.5 Å². The van der Waals surface area contributed by atoms with Gasteiger partial charge < -0.3 is 5.32 Å². The molecule has 2 aromatic carbocycles. The van der Waals surface area contributed by atoms with E-state index in [4.69, 9.17) is 0 Å². The van der Waals surface area contributed by atoms with E-state index in [1.165, 1.54) is 25.1 Å². The zero-order chi connectivity index (χ0) is 20.3. The molecule has 28 heavy (non-hydrogen) atoms. The molecule has 3 rings (SSSR count). The summed E-state index contributed by atoms with van der Waals surface area (Å²) in [6.07, 6.45) is 0. The number of aromatic nitrogens is 1. The third-order valence-electron chi connectivity index (χ3n) is 3.87. The Kier molecular flexibility index (Phi) is 5.50. The van der Waals surface area contributed by atoms with Gasteiger partial charge in [0.25, 0.3) is 11.6 Å². The predicted octanol–water partition coefficient (Wildman–Crippen LogP) is 4.19. The molecule has 9 nitrogen and oxygen atoms in total. The number of fused-ring (bicyclic) bond motifs is 1. The van der Waals surface area contributed by atoms with E-state index in [1.54, 1.807) is 12.1 Å². The normalized spacial score (nSPS) is 12.2. The number of benzene rings is 2. The van der Waals surface area contributed by atoms with Gasteiger partial charge in [-0.1, -0.05) is 17.7 Å². The maximum atomic E-state index is 12.4. The first kappa shape index (κ1) is 19.2. The van der Waals surface area contributed by atoms with Crippen LogP contribution in [0.3, 0.4) is 0 Å². The van der Waals surface area contributed by atoms with Crippen molar-refractivity contribution in [2.45, 2.75) is 19.9 Å². The molecule has 0 saturated heterocycles. The van der Waals surface area contributed by atoms with E-state index in [0.717, 1.165) is 17.1 Å². The minimum absolute atomic E-state index is 0.107. The number of nitro groups is 1. The number of azo groups is 1. The molecule has 1 amide bonds. The number of Topliss-reactive ketones (excluding diaryl/α,β-unsaturated/α-hetero) is 1. The fourth-order valence-corrected chi connectivity index (χ4v) is 3.07. The highest BCUT2D eigenvalue weighted by Crippen LogP contribution is 2.33. The molecule has 1 heterocycles. The second-order valence-corrected chi connectivity index (χ2v) is 6.78. The van der Waals surface area contributed by atoms with Crippen LogP contribution in [0.2, 0.25) is 0 Å². The molecule has 1 aromatic heterocycles. The van der Waals surface area contributed by atoms with E-state index in [-0.39, 0.29) is 10.7 Å². The number of amides is 1. The molecule has 0 aliphatic rings. The largest absolute Gasteiger partial charge is 0.324 e. The van der Waals surface area contributed by atoms with Crippen molar-refractivity contribution < 1.29 is 14.5 Å². The van der Waals surface area contributed by atoms with Crippen LogP contribution in [0.4, 0.5) is 16.4 Å². The van der Waals surface area contributed by atoms with Crippen molar-refractivity contribution in [1.82, 2.24) is 4.37 Å². The molecule has 1 unspecified atom stereocenters. The van der Waals surface area contributed by atoms with Crippen LogP contribution in [0, 0.1) is 17.0 Å². The number of nitrogens with one attached hydrogen (secondary N) is 1. The first-order valence-corrected chi connectivity index (χ1v) is 8.95. The van der Waals surface area contributed by atoms with Gasteiger partial charge >= 0.3 is 0 Å². The fourth-order valence-electron chi connectivity index (χ4n) is 2.38. The lowest BCUT2D eigenvalue weighted by molar-refractivity contribution is -0.384. The minimum atomic E-state index is -1.34. The number of ketones is 1. The van der Waals surface area contributed by atoms with Crippen molar-refractivity contribution in [3.8, 4) is 0 Å². The topological polar surface area (TPSA) is 127 Å². The highest BCUT2D eigenvalue weighted by Gasteiger charge is 2.23. The minimum Gasteiger partial charge on any atom is -0.324 e. The number of non-ortho nitro benzene ring substituents is 1. The van der Waals surface area contributed by atoms with Gasteiger partial charge in [0.2, 0.25) is 6.04 Å². The number of hydrogen-bond donors (Lipinski definition) is 1. The number of carbonyl (C=O) groups excluding carboxylic acids is 2. The van der Waals surface area contributed by atoms with Crippen LogP contribution in [0.15, 0.2) is 52.7 Å². The Labute approximate surface area is 163 Å². The zero-order valence-electron chi connectivity index (χ0n) is 14.9. The average molecular weight is 397 g/mol. The van der Waals surface area contributed by atoms with Crippen molar-refractivity contribution in [1.29, 1.82) is 0 Å². The van der Waals surface area contributed by atoms with Crippen LogP contribution in [-0.4, -0.2) is 27.0 Å². The lowest BCUT2D eigenvalue weighted by atomic mass is 10.2. The van der Waals surface area contributed by atoms with Gasteiger partial charge in [-0.05, 0) is 43.6 Å². The predicted molar refractivity (Wildman–Crippen MR) is 105 cm³/mol. The molecule has 0 spiro atoms. The average Bonchev–Trinajstić information content (AvgIpc) is 3.06. The number of hydrogen-bond acceptors (Lipinski definition) is 8. The molecule has 142 valence electrons. The summed E-state index contributed by atoms with van der Waals surface area (Å²) in [5.74, 6) is -1.09. The molecule has 1 N–H and O–H groups in total. The molecule has 0 aliphatic carbocycles. The Balaban J connectivity index is 1.85. The Morgan fingerprint density at radius 2 is 1.93 bits per heavy atom. The van der Waals surface area contributed by atoms with Crippen molar-refractivity contribution in [3.05, 3.63) is 58.1 Å². The summed E-state index contributed by atoms with van der Waals surface area (Å²) in [7, 11) is 0. The van der Waals surface area contributed by atoms with Crippen molar-refractivity contribution in [3.63, 3.8) is 0 Å². The lowest BCUT2D eigenvalue weighted by Gasteiger charge is -2.09. The van der Waals surface area contributed by atoms with Crippen LogP contribution in [-0.2, 0) is 9.59 Å². The molecular formula is C18H15N5O4S. The van der Waals surface area contributed by atoms with E-state index < -0.39 is 22.7 Å². The smallest absolute Gasteiger partial charge is 0.270 e. The summed E-state index contributed by atoms with van der Waals surface area (Å²) in [5, 5.41) is 22.1. The third-order valence-corrected chi connectivity index (χ3v) is 4.63. The second kappa shape index (κ2) is 8.01. The van der Waals surface area contributed by atoms with Crippen LogP contribution in [0.1, 0.15) is 12.5 Å². The molecule has 0 saturated carbocycles. The van der Waals surface area contributed by atoms with Gasteiger partial charge in [-0.15, -0.1) is 5.11 Å². The summed E-state index contributed by atoms with van der Waals surface area (Å²) >= 11 is 0.978. The van der Waals surface area contributed by atoms with E-state index in [0.29, 0.717) is 16.6 Å². The highest BCUT2D eigenvalue weighted by molar-refractivity contribution is 7.11. The van der Waals surface area contributed by atoms with Gasteiger partial charge in [-0.2, -0.15) is 9.49 Å². The number of anilines is 1. The number of rotatable bonds is 6. The molecule has 10 heteroatoms. The maximum absolute atomic E-state index is 12.4. The molecule has 3 aromatic rings. The van der Waals surface area contributed by atoms with Gasteiger partial charge in [0.15, 0.2) is 10.8 Å². The first-order valence-electron chi connectivity index (χ1n) is 8.18. The molecular weight excluding hydrogens is 382 g/mol. The number of carbonyl (C=O) groups is 2. The van der Waals surface area contributed by atoms with Crippen LogP contribution in [0.5, 0.6) is 0 Å². The Morgan fingerprint density at radius 3 is 2.57 bits per heavy atom. The van der Waals surface area contributed by atoms with Crippen LogP contribution < -0.4 is 5.32 Å². The second-order valence-electron chi connectivity index (χ2n) is 6.03. The number of nitro benzene ring substituents is 1. The molecule has 1 atom stereocenters.